The van der Waals surface area contributed by atoms with Crippen molar-refractivity contribution in [2.24, 2.45) is 0 Å². The third-order valence-electron chi connectivity index (χ3n) is 2.42. The maximum atomic E-state index is 4.35. The van der Waals surface area contributed by atoms with Crippen LogP contribution in [-0.2, 0) is 6.42 Å². The first-order valence-electron chi connectivity index (χ1n) is 4.21. The van der Waals surface area contributed by atoms with Crippen LogP contribution >= 0.6 is 0 Å². The van der Waals surface area contributed by atoms with Crippen LogP contribution in [0.5, 0.6) is 0 Å². The van der Waals surface area contributed by atoms with Crippen molar-refractivity contribution >= 4 is 0 Å². The van der Waals surface area contributed by atoms with Gasteiger partial charge in [0.1, 0.15) is 0 Å². The molecule has 2 heteroatoms. The summed E-state index contributed by atoms with van der Waals surface area (Å²) in [5.41, 5.74) is 2.47. The molecule has 0 saturated heterocycles. The smallest absolute Gasteiger partial charge is 0.0649 e. The Balaban J connectivity index is 2.39. The van der Waals surface area contributed by atoms with Gasteiger partial charge in [0.2, 0.25) is 0 Å². The second-order valence-corrected chi connectivity index (χ2v) is 3.03. The van der Waals surface area contributed by atoms with Crippen molar-refractivity contribution in [3.8, 4) is 0 Å². The van der Waals surface area contributed by atoms with Gasteiger partial charge in [-0.2, -0.15) is 0 Å². The molecule has 0 N–H and O–H groups in total. The van der Waals surface area contributed by atoms with Crippen LogP contribution in [0.4, 0.5) is 0 Å². The Kier molecular flexibility index (Phi) is 1.60. The van der Waals surface area contributed by atoms with E-state index in [-0.39, 0.29) is 0 Å². The van der Waals surface area contributed by atoms with Crippen molar-refractivity contribution in [3.63, 3.8) is 0 Å². The molecule has 2 rings (SSSR count). The predicted molar refractivity (Wildman–Crippen MR) is 43.4 cm³/mol. The lowest BCUT2D eigenvalue weighted by atomic mass is 10.1. The molecule has 1 heterocycles. The summed E-state index contributed by atoms with van der Waals surface area (Å²) in [5.74, 6) is 0.679. The predicted octanol–water partition coefficient (Wildman–Crippen LogP) is 1.92. The molecule has 0 spiro atoms. The Morgan fingerprint density at radius 3 is 3.09 bits per heavy atom. The summed E-state index contributed by atoms with van der Waals surface area (Å²) < 4.78 is 0. The highest BCUT2D eigenvalue weighted by molar-refractivity contribution is 5.21. The molecular weight excluding hydrogens is 136 g/mol. The Bertz CT molecular complexity index is 257. The number of hydrogen-bond acceptors (Lipinski definition) is 2. The zero-order chi connectivity index (χ0) is 7.68. The minimum Gasteiger partial charge on any atom is -0.258 e. The fourth-order valence-corrected chi connectivity index (χ4v) is 1.76. The standard InChI is InChI=1S/C9H12N2/c1-2-7-3-4-8-9(7)11-6-5-10-8/h5-7H,2-4H2,1H3. The van der Waals surface area contributed by atoms with Crippen molar-refractivity contribution in [1.82, 2.24) is 9.97 Å². The minimum absolute atomic E-state index is 0.679. The van der Waals surface area contributed by atoms with E-state index in [1.54, 1.807) is 12.4 Å². The molecule has 0 radical (unpaired) electrons. The number of aromatic nitrogens is 2. The van der Waals surface area contributed by atoms with Crippen molar-refractivity contribution in [1.29, 1.82) is 0 Å². The quantitative estimate of drug-likeness (QED) is 0.608. The highest BCUT2D eigenvalue weighted by Gasteiger charge is 2.22. The summed E-state index contributed by atoms with van der Waals surface area (Å²) in [5, 5.41) is 0. The first-order valence-corrected chi connectivity index (χ1v) is 4.21. The molecule has 1 aliphatic carbocycles. The van der Waals surface area contributed by atoms with Gasteiger partial charge in [0.25, 0.3) is 0 Å². The Morgan fingerprint density at radius 2 is 2.27 bits per heavy atom. The SMILES string of the molecule is CCC1CCc2nccnc21. The van der Waals surface area contributed by atoms with Gasteiger partial charge >= 0.3 is 0 Å². The van der Waals surface area contributed by atoms with E-state index >= 15 is 0 Å². The largest absolute Gasteiger partial charge is 0.258 e. The van der Waals surface area contributed by atoms with E-state index in [9.17, 15) is 0 Å². The van der Waals surface area contributed by atoms with Gasteiger partial charge in [0, 0.05) is 18.3 Å². The first kappa shape index (κ1) is 6.77. The lowest BCUT2D eigenvalue weighted by Crippen LogP contribution is -1.95. The average molecular weight is 148 g/mol. The van der Waals surface area contributed by atoms with Crippen LogP contribution in [-0.4, -0.2) is 9.97 Å². The van der Waals surface area contributed by atoms with Crippen molar-refractivity contribution in [2.45, 2.75) is 32.1 Å². The molecule has 0 bridgehead atoms. The average Bonchev–Trinajstić information content (AvgIpc) is 2.47. The Hall–Kier alpha value is -0.920. The van der Waals surface area contributed by atoms with Crippen LogP contribution < -0.4 is 0 Å². The molecule has 58 valence electrons. The van der Waals surface area contributed by atoms with E-state index in [0.29, 0.717) is 5.92 Å². The van der Waals surface area contributed by atoms with Crippen LogP contribution in [0.1, 0.15) is 37.1 Å². The highest BCUT2D eigenvalue weighted by atomic mass is 14.8. The van der Waals surface area contributed by atoms with Crippen LogP contribution in [0, 0.1) is 0 Å². The molecule has 1 atom stereocenters. The monoisotopic (exact) mass is 148 g/mol. The van der Waals surface area contributed by atoms with Crippen molar-refractivity contribution < 1.29 is 0 Å². The van der Waals surface area contributed by atoms with Gasteiger partial charge in [-0.05, 0) is 19.3 Å². The van der Waals surface area contributed by atoms with Crippen LogP contribution in [0.25, 0.3) is 0 Å². The Morgan fingerprint density at radius 1 is 1.45 bits per heavy atom. The topological polar surface area (TPSA) is 25.8 Å². The van der Waals surface area contributed by atoms with Crippen LogP contribution in [0.15, 0.2) is 12.4 Å². The number of fused-ring (bicyclic) bond motifs is 1. The highest BCUT2D eigenvalue weighted by Crippen LogP contribution is 2.31. The zero-order valence-electron chi connectivity index (χ0n) is 6.75. The molecule has 1 aliphatic rings. The molecule has 0 amide bonds. The van der Waals surface area contributed by atoms with Crippen LogP contribution in [0.3, 0.4) is 0 Å². The lowest BCUT2D eigenvalue weighted by Gasteiger charge is -2.04. The molecule has 11 heavy (non-hydrogen) atoms. The second kappa shape index (κ2) is 2.61. The number of hydrogen-bond donors (Lipinski definition) is 0. The van der Waals surface area contributed by atoms with Gasteiger partial charge in [0.05, 0.1) is 11.4 Å². The van der Waals surface area contributed by atoms with Crippen molar-refractivity contribution in [3.05, 3.63) is 23.8 Å². The summed E-state index contributed by atoms with van der Waals surface area (Å²) >= 11 is 0. The second-order valence-electron chi connectivity index (χ2n) is 3.03. The number of aryl methyl sites for hydroxylation is 1. The fourth-order valence-electron chi connectivity index (χ4n) is 1.76. The summed E-state index contributed by atoms with van der Waals surface area (Å²) in [6.07, 6.45) is 7.16. The van der Waals surface area contributed by atoms with E-state index in [2.05, 4.69) is 16.9 Å². The van der Waals surface area contributed by atoms with E-state index in [0.717, 1.165) is 6.42 Å². The van der Waals surface area contributed by atoms with E-state index in [1.165, 1.54) is 24.2 Å². The molecule has 0 fully saturated rings. The Labute approximate surface area is 66.7 Å². The minimum atomic E-state index is 0.679. The van der Waals surface area contributed by atoms with E-state index in [1.807, 2.05) is 0 Å². The molecule has 1 unspecified atom stereocenters. The van der Waals surface area contributed by atoms with Crippen molar-refractivity contribution in [2.75, 3.05) is 0 Å². The van der Waals surface area contributed by atoms with Crippen LogP contribution in [0.2, 0.25) is 0 Å². The molecule has 1 aromatic heterocycles. The van der Waals surface area contributed by atoms with Gasteiger partial charge in [-0.3, -0.25) is 9.97 Å². The van der Waals surface area contributed by atoms with Gasteiger partial charge in [0.15, 0.2) is 0 Å². The van der Waals surface area contributed by atoms with Gasteiger partial charge < -0.3 is 0 Å². The molecule has 0 aliphatic heterocycles. The molecular formula is C9H12N2. The molecule has 0 saturated carbocycles. The summed E-state index contributed by atoms with van der Waals surface area (Å²) in [7, 11) is 0. The maximum Gasteiger partial charge on any atom is 0.0649 e. The third kappa shape index (κ3) is 1.02. The number of rotatable bonds is 1. The summed E-state index contributed by atoms with van der Waals surface area (Å²) in [4.78, 5) is 8.64. The molecule has 1 aromatic rings. The van der Waals surface area contributed by atoms with E-state index < -0.39 is 0 Å². The molecule has 0 aromatic carbocycles. The fraction of sp³-hybridized carbons (Fsp3) is 0.556. The van der Waals surface area contributed by atoms with Gasteiger partial charge in [-0.15, -0.1) is 0 Å². The third-order valence-corrected chi connectivity index (χ3v) is 2.42. The first-order chi connectivity index (χ1) is 5.42. The molecule has 2 nitrogen and oxygen atoms in total. The normalized spacial score (nSPS) is 21.7. The van der Waals surface area contributed by atoms with Gasteiger partial charge in [-0.1, -0.05) is 6.92 Å². The zero-order valence-corrected chi connectivity index (χ0v) is 6.75. The lowest BCUT2D eigenvalue weighted by molar-refractivity contribution is 0.643. The summed E-state index contributed by atoms with van der Waals surface area (Å²) in [6.45, 7) is 2.22. The summed E-state index contributed by atoms with van der Waals surface area (Å²) in [6, 6.07) is 0. The van der Waals surface area contributed by atoms with Gasteiger partial charge in [-0.25, -0.2) is 0 Å². The maximum absolute atomic E-state index is 4.35. The number of nitrogens with zero attached hydrogens (tertiary/aromatic N) is 2. The van der Waals surface area contributed by atoms with E-state index in [4.69, 9.17) is 0 Å².